The number of anilines is 1. The number of rotatable bonds is 4. The van der Waals surface area contributed by atoms with E-state index in [1.54, 1.807) is 11.8 Å². The van der Waals surface area contributed by atoms with Crippen LogP contribution in [0.5, 0.6) is 0 Å². The van der Waals surface area contributed by atoms with Crippen molar-refractivity contribution in [1.82, 2.24) is 0 Å². The summed E-state index contributed by atoms with van der Waals surface area (Å²) in [5.41, 5.74) is 3.20. The number of amides is 1. The SMILES string of the molecule is Cc1ccc(S[C@H](C)C(=O)Nc2ccc(I)cc2C)cc1. The lowest BCUT2D eigenvalue weighted by Crippen LogP contribution is -2.22. The molecule has 0 heterocycles. The van der Waals surface area contributed by atoms with E-state index >= 15 is 0 Å². The number of aryl methyl sites for hydroxylation is 2. The van der Waals surface area contributed by atoms with E-state index in [9.17, 15) is 4.79 Å². The molecule has 0 radical (unpaired) electrons. The highest BCUT2D eigenvalue weighted by atomic mass is 127. The van der Waals surface area contributed by atoms with Gasteiger partial charge in [-0.25, -0.2) is 0 Å². The van der Waals surface area contributed by atoms with E-state index in [4.69, 9.17) is 0 Å². The Bertz CT molecular complexity index is 640. The molecule has 0 saturated heterocycles. The zero-order chi connectivity index (χ0) is 15.4. The normalized spacial score (nSPS) is 12.0. The summed E-state index contributed by atoms with van der Waals surface area (Å²) in [7, 11) is 0. The second kappa shape index (κ2) is 7.31. The first-order chi connectivity index (χ1) is 9.95. The maximum Gasteiger partial charge on any atom is 0.237 e. The fraction of sp³-hybridized carbons (Fsp3) is 0.235. The van der Waals surface area contributed by atoms with Gasteiger partial charge >= 0.3 is 0 Å². The van der Waals surface area contributed by atoms with Gasteiger partial charge in [-0.2, -0.15) is 0 Å². The van der Waals surface area contributed by atoms with E-state index in [0.717, 1.165) is 16.1 Å². The summed E-state index contributed by atoms with van der Waals surface area (Å²) in [6, 6.07) is 14.3. The van der Waals surface area contributed by atoms with Crippen molar-refractivity contribution in [2.45, 2.75) is 30.9 Å². The van der Waals surface area contributed by atoms with Crippen LogP contribution >= 0.6 is 34.4 Å². The second-order valence-corrected chi connectivity index (χ2v) is 7.68. The standard InChI is InChI=1S/C17H18INOS/c1-11-4-7-15(8-5-11)21-13(3)17(20)19-16-9-6-14(18)10-12(16)2/h4-10,13H,1-3H3,(H,19,20)/t13-/m1/s1. The fourth-order valence-electron chi connectivity index (χ4n) is 1.88. The molecular formula is C17H18INOS. The molecule has 1 atom stereocenters. The number of nitrogens with one attached hydrogen (secondary N) is 1. The fourth-order valence-corrected chi connectivity index (χ4v) is 3.39. The van der Waals surface area contributed by atoms with Crippen molar-refractivity contribution >= 4 is 45.9 Å². The van der Waals surface area contributed by atoms with Gasteiger partial charge in [0.25, 0.3) is 0 Å². The Kier molecular flexibility index (Phi) is 5.70. The van der Waals surface area contributed by atoms with Crippen LogP contribution < -0.4 is 5.32 Å². The van der Waals surface area contributed by atoms with Crippen LogP contribution in [0.15, 0.2) is 47.4 Å². The molecule has 0 aliphatic rings. The Morgan fingerprint density at radius 2 is 1.81 bits per heavy atom. The minimum Gasteiger partial charge on any atom is -0.325 e. The largest absolute Gasteiger partial charge is 0.325 e. The number of carbonyl (C=O) groups is 1. The van der Waals surface area contributed by atoms with Crippen LogP contribution in [0.2, 0.25) is 0 Å². The maximum absolute atomic E-state index is 12.3. The molecule has 0 spiro atoms. The summed E-state index contributed by atoms with van der Waals surface area (Å²) in [6.45, 7) is 6.00. The van der Waals surface area contributed by atoms with E-state index in [-0.39, 0.29) is 11.2 Å². The second-order valence-electron chi connectivity index (χ2n) is 5.02. The van der Waals surface area contributed by atoms with Gasteiger partial charge in [0.1, 0.15) is 0 Å². The van der Waals surface area contributed by atoms with Crippen LogP contribution in [0, 0.1) is 17.4 Å². The number of hydrogen-bond acceptors (Lipinski definition) is 2. The lowest BCUT2D eigenvalue weighted by molar-refractivity contribution is -0.115. The number of thioether (sulfide) groups is 1. The third-order valence-electron chi connectivity index (χ3n) is 3.15. The zero-order valence-corrected chi connectivity index (χ0v) is 15.3. The van der Waals surface area contributed by atoms with Gasteiger partial charge in [-0.3, -0.25) is 4.79 Å². The Hall–Kier alpha value is -1.01. The highest BCUT2D eigenvalue weighted by Crippen LogP contribution is 2.25. The van der Waals surface area contributed by atoms with Gasteiger partial charge < -0.3 is 5.32 Å². The van der Waals surface area contributed by atoms with Crippen molar-refractivity contribution < 1.29 is 4.79 Å². The van der Waals surface area contributed by atoms with Crippen molar-refractivity contribution in [3.05, 3.63) is 57.2 Å². The Morgan fingerprint density at radius 3 is 2.43 bits per heavy atom. The van der Waals surface area contributed by atoms with Crippen LogP contribution in [0.25, 0.3) is 0 Å². The predicted octanol–water partition coefficient (Wildman–Crippen LogP) is 5.03. The molecule has 1 N–H and O–H groups in total. The van der Waals surface area contributed by atoms with Gasteiger partial charge in [-0.05, 0) is 79.3 Å². The van der Waals surface area contributed by atoms with E-state index in [1.165, 1.54) is 9.13 Å². The molecule has 2 aromatic carbocycles. The smallest absolute Gasteiger partial charge is 0.237 e. The van der Waals surface area contributed by atoms with Crippen LogP contribution in [-0.2, 0) is 4.79 Å². The van der Waals surface area contributed by atoms with E-state index in [1.807, 2.05) is 26.0 Å². The van der Waals surface area contributed by atoms with Crippen LogP contribution in [-0.4, -0.2) is 11.2 Å². The summed E-state index contributed by atoms with van der Waals surface area (Å²) in [4.78, 5) is 13.4. The van der Waals surface area contributed by atoms with Gasteiger partial charge in [0, 0.05) is 14.2 Å². The van der Waals surface area contributed by atoms with E-state index in [0.29, 0.717) is 0 Å². The van der Waals surface area contributed by atoms with Crippen molar-refractivity contribution in [2.24, 2.45) is 0 Å². The Morgan fingerprint density at radius 1 is 1.14 bits per heavy atom. The minimum absolute atomic E-state index is 0.0323. The molecule has 0 unspecified atom stereocenters. The van der Waals surface area contributed by atoms with Crippen molar-refractivity contribution in [3.63, 3.8) is 0 Å². The molecule has 0 bridgehead atoms. The van der Waals surface area contributed by atoms with E-state index in [2.05, 4.69) is 65.2 Å². The molecule has 0 aromatic heterocycles. The van der Waals surface area contributed by atoms with Crippen molar-refractivity contribution in [2.75, 3.05) is 5.32 Å². The van der Waals surface area contributed by atoms with Crippen LogP contribution in [0.1, 0.15) is 18.1 Å². The van der Waals surface area contributed by atoms with Crippen molar-refractivity contribution in [1.29, 1.82) is 0 Å². The Balaban J connectivity index is 2.00. The first-order valence-electron chi connectivity index (χ1n) is 6.76. The molecule has 4 heteroatoms. The van der Waals surface area contributed by atoms with Gasteiger partial charge in [-0.15, -0.1) is 11.8 Å². The first-order valence-corrected chi connectivity index (χ1v) is 8.72. The number of hydrogen-bond donors (Lipinski definition) is 1. The maximum atomic E-state index is 12.3. The third-order valence-corrected chi connectivity index (χ3v) is 4.93. The summed E-state index contributed by atoms with van der Waals surface area (Å²) < 4.78 is 1.17. The summed E-state index contributed by atoms with van der Waals surface area (Å²) in [6.07, 6.45) is 0. The Labute approximate surface area is 143 Å². The molecule has 0 aliphatic heterocycles. The average molecular weight is 411 g/mol. The molecule has 110 valence electrons. The molecule has 0 saturated carbocycles. The molecule has 1 amide bonds. The number of benzene rings is 2. The summed E-state index contributed by atoms with van der Waals surface area (Å²) in [5.74, 6) is 0.0323. The lowest BCUT2D eigenvalue weighted by Gasteiger charge is -2.14. The minimum atomic E-state index is -0.133. The lowest BCUT2D eigenvalue weighted by atomic mass is 10.2. The quantitative estimate of drug-likeness (QED) is 0.565. The van der Waals surface area contributed by atoms with Gasteiger partial charge in [0.2, 0.25) is 5.91 Å². The van der Waals surface area contributed by atoms with Gasteiger partial charge in [0.05, 0.1) is 5.25 Å². The van der Waals surface area contributed by atoms with E-state index < -0.39 is 0 Å². The van der Waals surface area contributed by atoms with Crippen LogP contribution in [0.4, 0.5) is 5.69 Å². The zero-order valence-electron chi connectivity index (χ0n) is 12.3. The van der Waals surface area contributed by atoms with Crippen molar-refractivity contribution in [3.8, 4) is 0 Å². The summed E-state index contributed by atoms with van der Waals surface area (Å²) >= 11 is 3.85. The predicted molar refractivity (Wildman–Crippen MR) is 99.0 cm³/mol. The topological polar surface area (TPSA) is 29.1 Å². The summed E-state index contributed by atoms with van der Waals surface area (Å²) in [5, 5.41) is 2.87. The molecule has 2 aromatic rings. The third kappa shape index (κ3) is 4.74. The number of halogens is 1. The van der Waals surface area contributed by atoms with Gasteiger partial charge in [-0.1, -0.05) is 17.7 Å². The molecule has 2 nitrogen and oxygen atoms in total. The monoisotopic (exact) mass is 411 g/mol. The molecule has 2 rings (SSSR count). The first kappa shape index (κ1) is 16.4. The highest BCUT2D eigenvalue weighted by molar-refractivity contribution is 14.1. The molecule has 21 heavy (non-hydrogen) atoms. The average Bonchev–Trinajstić information content (AvgIpc) is 2.44. The van der Waals surface area contributed by atoms with Gasteiger partial charge in [0.15, 0.2) is 0 Å². The number of carbonyl (C=O) groups excluding carboxylic acids is 1. The molecule has 0 fully saturated rings. The molecule has 0 aliphatic carbocycles. The molecular weight excluding hydrogens is 393 g/mol. The highest BCUT2D eigenvalue weighted by Gasteiger charge is 2.15. The van der Waals surface area contributed by atoms with Crippen LogP contribution in [0.3, 0.4) is 0 Å².